The molecule has 0 aliphatic heterocycles. The van der Waals surface area contributed by atoms with Gasteiger partial charge in [0.2, 0.25) is 0 Å². The van der Waals surface area contributed by atoms with Gasteiger partial charge in [-0.05, 0) is 48.2 Å². The van der Waals surface area contributed by atoms with Gasteiger partial charge in [0.15, 0.2) is 5.71 Å². The topological polar surface area (TPSA) is 47.9 Å². The fourth-order valence-electron chi connectivity index (χ4n) is 2.18. The van der Waals surface area contributed by atoms with Crippen molar-refractivity contribution in [1.82, 2.24) is 0 Å². The Morgan fingerprint density at radius 2 is 1.91 bits per heavy atom. The van der Waals surface area contributed by atoms with Crippen molar-refractivity contribution < 1.29 is 14.4 Å². The third kappa shape index (κ3) is 4.33. The van der Waals surface area contributed by atoms with Crippen molar-refractivity contribution in [3.05, 3.63) is 64.7 Å². The molecule has 0 fully saturated rings. The summed E-state index contributed by atoms with van der Waals surface area (Å²) in [6.45, 7) is 4.30. The van der Waals surface area contributed by atoms with Crippen LogP contribution in [0.1, 0.15) is 22.3 Å². The smallest absolute Gasteiger partial charge is 0.274 e. The number of halogens is 1. The summed E-state index contributed by atoms with van der Waals surface area (Å²) < 4.78 is 5.90. The van der Waals surface area contributed by atoms with E-state index in [0.717, 1.165) is 22.4 Å². The van der Waals surface area contributed by atoms with Crippen LogP contribution in [0.2, 0.25) is 0 Å². The summed E-state index contributed by atoms with van der Waals surface area (Å²) in [5.74, 6) is 0.808. The molecule has 4 nitrogen and oxygen atoms in total. The molecule has 0 bridgehead atoms. The maximum absolute atomic E-state index is 11.6. The number of nitrogens with zero attached hydrogens (tertiary/aromatic N) is 1. The average molecular weight is 332 g/mol. The zero-order valence-electron chi connectivity index (χ0n) is 13.3. The van der Waals surface area contributed by atoms with Crippen LogP contribution in [0, 0.1) is 13.8 Å². The molecule has 0 spiro atoms. The van der Waals surface area contributed by atoms with Crippen LogP contribution in [0.25, 0.3) is 0 Å². The minimum atomic E-state index is -0.675. The van der Waals surface area contributed by atoms with Crippen LogP contribution in [0.15, 0.2) is 47.6 Å². The average Bonchev–Trinajstić information content (AvgIpc) is 2.53. The Morgan fingerprint density at radius 3 is 2.61 bits per heavy atom. The predicted molar refractivity (Wildman–Crippen MR) is 91.1 cm³/mol. The molecule has 23 heavy (non-hydrogen) atoms. The number of ether oxygens (including phenoxy) is 1. The highest BCUT2D eigenvalue weighted by molar-refractivity contribution is 6.84. The summed E-state index contributed by atoms with van der Waals surface area (Å²) in [4.78, 5) is 16.3. The molecular weight excluding hydrogens is 314 g/mol. The number of benzene rings is 2. The van der Waals surface area contributed by atoms with Gasteiger partial charge >= 0.3 is 0 Å². The largest absolute Gasteiger partial charge is 0.489 e. The zero-order chi connectivity index (χ0) is 16.8. The van der Waals surface area contributed by atoms with E-state index in [9.17, 15) is 4.79 Å². The highest BCUT2D eigenvalue weighted by Crippen LogP contribution is 2.22. The molecule has 0 heterocycles. The first-order valence-corrected chi connectivity index (χ1v) is 7.50. The maximum Gasteiger partial charge on any atom is 0.274 e. The van der Waals surface area contributed by atoms with Crippen LogP contribution in [0.5, 0.6) is 5.75 Å². The second-order valence-electron chi connectivity index (χ2n) is 5.11. The summed E-state index contributed by atoms with van der Waals surface area (Å²) >= 11 is 5.60. The molecule has 120 valence electrons. The molecule has 0 amide bonds. The lowest BCUT2D eigenvalue weighted by Gasteiger charge is -2.13. The van der Waals surface area contributed by atoms with Crippen molar-refractivity contribution in [2.24, 2.45) is 5.16 Å². The molecule has 0 saturated carbocycles. The SMILES string of the molecule is CO/N=C(\C(=O)Cl)c1ccccc1COc1cc(C)ccc1C. The molecule has 0 radical (unpaired) electrons. The standard InChI is InChI=1S/C18H18ClNO3/c1-12-8-9-13(2)16(10-12)23-11-14-6-4-5-7-15(14)17(18(19)21)20-22-3/h4-10H,11H2,1-3H3/b20-17-. The van der Waals surface area contributed by atoms with Gasteiger partial charge in [-0.15, -0.1) is 0 Å². The molecule has 0 atom stereocenters. The number of aryl methyl sites for hydroxylation is 2. The van der Waals surface area contributed by atoms with E-state index < -0.39 is 5.24 Å². The number of hydrogen-bond donors (Lipinski definition) is 0. The minimum absolute atomic E-state index is 0.0642. The van der Waals surface area contributed by atoms with Gasteiger partial charge in [-0.25, -0.2) is 0 Å². The predicted octanol–water partition coefficient (Wildman–Crippen LogP) is 4.00. The Kier molecular flexibility index (Phi) is 5.77. The highest BCUT2D eigenvalue weighted by Gasteiger charge is 2.16. The lowest BCUT2D eigenvalue weighted by molar-refractivity contribution is -0.106. The molecule has 0 saturated heterocycles. The van der Waals surface area contributed by atoms with Gasteiger partial charge < -0.3 is 9.57 Å². The van der Waals surface area contributed by atoms with Gasteiger partial charge in [0.05, 0.1) is 0 Å². The fourth-order valence-corrected chi connectivity index (χ4v) is 2.31. The van der Waals surface area contributed by atoms with E-state index in [1.807, 2.05) is 50.2 Å². The van der Waals surface area contributed by atoms with E-state index in [2.05, 4.69) is 5.16 Å². The van der Waals surface area contributed by atoms with E-state index in [4.69, 9.17) is 21.2 Å². The van der Waals surface area contributed by atoms with Gasteiger partial charge in [-0.3, -0.25) is 4.79 Å². The quantitative estimate of drug-likeness (QED) is 0.456. The molecule has 0 aliphatic rings. The maximum atomic E-state index is 11.6. The third-order valence-electron chi connectivity index (χ3n) is 3.37. The van der Waals surface area contributed by atoms with Crippen molar-refractivity contribution in [3.8, 4) is 5.75 Å². The van der Waals surface area contributed by atoms with Crippen molar-refractivity contribution in [3.63, 3.8) is 0 Å². The number of carbonyl (C=O) groups is 1. The van der Waals surface area contributed by atoms with Crippen molar-refractivity contribution in [2.45, 2.75) is 20.5 Å². The second-order valence-corrected chi connectivity index (χ2v) is 5.45. The Labute approximate surface area is 140 Å². The molecule has 0 N–H and O–H groups in total. The Balaban J connectivity index is 2.29. The fraction of sp³-hybridized carbons (Fsp3) is 0.222. The molecule has 2 aromatic rings. The van der Waals surface area contributed by atoms with Gasteiger partial charge in [0.25, 0.3) is 5.24 Å². The molecule has 0 aliphatic carbocycles. The van der Waals surface area contributed by atoms with Crippen molar-refractivity contribution in [2.75, 3.05) is 7.11 Å². The monoisotopic (exact) mass is 331 g/mol. The van der Waals surface area contributed by atoms with E-state index in [-0.39, 0.29) is 5.71 Å². The molecular formula is C18H18ClNO3. The first kappa shape index (κ1) is 17.0. The van der Waals surface area contributed by atoms with Gasteiger partial charge in [0, 0.05) is 5.56 Å². The molecule has 2 aromatic carbocycles. The Bertz CT molecular complexity index is 741. The van der Waals surface area contributed by atoms with Gasteiger partial charge in [-0.1, -0.05) is 41.6 Å². The van der Waals surface area contributed by atoms with Gasteiger partial charge in [0.1, 0.15) is 19.5 Å². The summed E-state index contributed by atoms with van der Waals surface area (Å²) in [5, 5.41) is 3.05. The lowest BCUT2D eigenvalue weighted by Crippen LogP contribution is -2.14. The lowest BCUT2D eigenvalue weighted by atomic mass is 10.0. The zero-order valence-corrected chi connectivity index (χ0v) is 14.1. The Hall–Kier alpha value is -2.33. The summed E-state index contributed by atoms with van der Waals surface area (Å²) in [6.07, 6.45) is 0. The molecule has 0 unspecified atom stereocenters. The summed E-state index contributed by atoms with van der Waals surface area (Å²) in [5.41, 5.74) is 3.64. The highest BCUT2D eigenvalue weighted by atomic mass is 35.5. The number of hydrogen-bond acceptors (Lipinski definition) is 4. The summed E-state index contributed by atoms with van der Waals surface area (Å²) in [6, 6.07) is 13.3. The van der Waals surface area contributed by atoms with Crippen LogP contribution in [-0.4, -0.2) is 18.1 Å². The van der Waals surface area contributed by atoms with Crippen molar-refractivity contribution in [1.29, 1.82) is 0 Å². The van der Waals surface area contributed by atoms with Crippen LogP contribution < -0.4 is 4.74 Å². The first-order chi connectivity index (χ1) is 11.0. The van der Waals surface area contributed by atoms with Crippen LogP contribution in [-0.2, 0) is 16.2 Å². The number of oxime groups is 1. The van der Waals surface area contributed by atoms with E-state index >= 15 is 0 Å². The van der Waals surface area contributed by atoms with E-state index in [1.54, 1.807) is 6.07 Å². The minimum Gasteiger partial charge on any atom is -0.489 e. The normalized spacial score (nSPS) is 11.2. The third-order valence-corrected chi connectivity index (χ3v) is 3.55. The molecule has 0 aromatic heterocycles. The van der Waals surface area contributed by atoms with E-state index in [0.29, 0.717) is 12.2 Å². The van der Waals surface area contributed by atoms with Crippen LogP contribution in [0.3, 0.4) is 0 Å². The summed E-state index contributed by atoms with van der Waals surface area (Å²) in [7, 11) is 1.37. The van der Waals surface area contributed by atoms with E-state index in [1.165, 1.54) is 7.11 Å². The van der Waals surface area contributed by atoms with Crippen LogP contribution >= 0.6 is 11.6 Å². The molecule has 2 rings (SSSR count). The Morgan fingerprint density at radius 1 is 1.17 bits per heavy atom. The van der Waals surface area contributed by atoms with Gasteiger partial charge in [-0.2, -0.15) is 0 Å². The van der Waals surface area contributed by atoms with Crippen LogP contribution in [0.4, 0.5) is 0 Å². The molecule has 5 heteroatoms. The second kappa shape index (κ2) is 7.79. The van der Waals surface area contributed by atoms with Crippen molar-refractivity contribution >= 4 is 22.6 Å². The number of carbonyl (C=O) groups excluding carboxylic acids is 1. The first-order valence-electron chi connectivity index (χ1n) is 7.12. The number of rotatable bonds is 6.